The van der Waals surface area contributed by atoms with Gasteiger partial charge < -0.3 is 35.1 Å². The average Bonchev–Trinajstić information content (AvgIpc) is 4.00. The summed E-state index contributed by atoms with van der Waals surface area (Å²) >= 11 is 12.4. The van der Waals surface area contributed by atoms with Gasteiger partial charge in [0.2, 0.25) is 17.7 Å². The number of carbonyl (C=O) groups is 4. The molecule has 0 bridgehead atoms. The van der Waals surface area contributed by atoms with Crippen LogP contribution in [0.1, 0.15) is 61.9 Å². The number of hydrogen-bond donors (Lipinski definition) is 4. The molecule has 14 heteroatoms. The molecular weight excluding hydrogens is 769 g/mol. The van der Waals surface area contributed by atoms with Crippen molar-refractivity contribution in [3.63, 3.8) is 0 Å². The summed E-state index contributed by atoms with van der Waals surface area (Å²) in [7, 11) is 0. The largest absolute Gasteiger partial charge is 0.436 e. The van der Waals surface area contributed by atoms with Crippen LogP contribution in [-0.2, 0) is 19.2 Å². The molecule has 0 radical (unpaired) electrons. The molecule has 2 aliphatic rings. The first-order valence-corrected chi connectivity index (χ1v) is 19.5. The molecule has 4 amide bonds. The Kier molecular flexibility index (Phi) is 12.3. The van der Waals surface area contributed by atoms with Gasteiger partial charge in [-0.2, -0.15) is 0 Å². The van der Waals surface area contributed by atoms with Gasteiger partial charge in [0, 0.05) is 81.7 Å². The van der Waals surface area contributed by atoms with Crippen molar-refractivity contribution in [1.29, 1.82) is 0 Å². The van der Waals surface area contributed by atoms with Gasteiger partial charge in [0.1, 0.15) is 0 Å². The molecule has 4 N–H and O–H groups in total. The highest BCUT2D eigenvalue weighted by atomic mass is 35.5. The fraction of sp³-hybridized carbons (Fsp3) is 0.279. The molecule has 12 nitrogen and oxygen atoms in total. The van der Waals surface area contributed by atoms with Crippen molar-refractivity contribution in [2.75, 3.05) is 23.7 Å². The summed E-state index contributed by atoms with van der Waals surface area (Å²) in [4.78, 5) is 59.8. The Morgan fingerprint density at radius 1 is 0.667 bits per heavy atom. The molecule has 2 aliphatic heterocycles. The molecule has 57 heavy (non-hydrogen) atoms. The van der Waals surface area contributed by atoms with E-state index in [9.17, 15) is 29.4 Å². The number of amides is 4. The first-order valence-electron chi connectivity index (χ1n) is 18.8. The first kappa shape index (κ1) is 39.7. The van der Waals surface area contributed by atoms with Crippen LogP contribution in [0.25, 0.3) is 22.8 Å². The number of aliphatic hydroxyl groups is 2. The molecule has 0 saturated carbocycles. The van der Waals surface area contributed by atoms with Crippen molar-refractivity contribution in [3.05, 3.63) is 124 Å². The van der Waals surface area contributed by atoms with Crippen LogP contribution in [0.15, 0.2) is 108 Å². The monoisotopic (exact) mass is 809 g/mol. The van der Waals surface area contributed by atoms with E-state index in [4.69, 9.17) is 27.6 Å². The van der Waals surface area contributed by atoms with Crippen LogP contribution in [0.4, 0.5) is 11.4 Å². The molecule has 3 heterocycles. The fourth-order valence-corrected chi connectivity index (χ4v) is 7.94. The molecule has 4 atom stereocenters. The third kappa shape index (κ3) is 9.21. The number of nitrogens with one attached hydrogen (secondary N) is 2. The minimum atomic E-state index is -1.40. The lowest BCUT2D eigenvalue weighted by Gasteiger charge is -2.27. The van der Waals surface area contributed by atoms with Crippen molar-refractivity contribution < 1.29 is 33.8 Å². The van der Waals surface area contributed by atoms with Crippen molar-refractivity contribution in [2.45, 2.75) is 62.8 Å². The van der Waals surface area contributed by atoms with E-state index in [0.717, 1.165) is 18.4 Å². The predicted molar refractivity (Wildman–Crippen MR) is 216 cm³/mol. The van der Waals surface area contributed by atoms with Crippen LogP contribution in [0, 0.1) is 0 Å². The first-order chi connectivity index (χ1) is 27.5. The molecule has 7 rings (SSSR count). The second kappa shape index (κ2) is 17.7. The Hall–Kier alpha value is -5.53. The van der Waals surface area contributed by atoms with E-state index in [1.165, 1.54) is 0 Å². The van der Waals surface area contributed by atoms with Gasteiger partial charge in [-0.05, 0) is 86.3 Å². The molecule has 1 aromatic heterocycles. The number of halogens is 2. The number of anilines is 2. The maximum Gasteiger partial charge on any atom is 0.256 e. The number of aromatic nitrogens is 1. The molecule has 5 aromatic rings. The number of carbonyl (C=O) groups excluding carboxylic acids is 4. The van der Waals surface area contributed by atoms with Gasteiger partial charge in [-0.3, -0.25) is 19.2 Å². The van der Waals surface area contributed by atoms with E-state index in [0.29, 0.717) is 75.7 Å². The summed E-state index contributed by atoms with van der Waals surface area (Å²) < 4.78 is 6.04. The van der Waals surface area contributed by atoms with Gasteiger partial charge in [-0.15, -0.1) is 0 Å². The highest BCUT2D eigenvalue weighted by molar-refractivity contribution is 6.32. The van der Waals surface area contributed by atoms with Gasteiger partial charge in [0.05, 0.1) is 6.20 Å². The zero-order valence-corrected chi connectivity index (χ0v) is 32.3. The molecule has 4 aromatic carbocycles. The van der Waals surface area contributed by atoms with E-state index < -0.39 is 24.0 Å². The maximum absolute atomic E-state index is 13.1. The second-order valence-corrected chi connectivity index (χ2v) is 15.0. The van der Waals surface area contributed by atoms with Crippen LogP contribution in [0.2, 0.25) is 10.0 Å². The van der Waals surface area contributed by atoms with Crippen LogP contribution >= 0.6 is 23.2 Å². The lowest BCUT2D eigenvalue weighted by Crippen LogP contribution is -2.40. The summed E-state index contributed by atoms with van der Waals surface area (Å²) in [6.07, 6.45) is 1.76. The van der Waals surface area contributed by atoms with Crippen molar-refractivity contribution in [1.82, 2.24) is 14.8 Å². The number of benzene rings is 4. The molecule has 0 spiro atoms. The Bertz CT molecular complexity index is 2090. The minimum absolute atomic E-state index is 0.0880. The third-order valence-corrected chi connectivity index (χ3v) is 11.1. The molecule has 0 unspecified atom stereocenters. The highest BCUT2D eigenvalue weighted by Gasteiger charge is 2.36. The average molecular weight is 811 g/mol. The molecule has 2 saturated heterocycles. The van der Waals surface area contributed by atoms with Crippen LogP contribution in [0.3, 0.4) is 0 Å². The van der Waals surface area contributed by atoms with E-state index >= 15 is 0 Å². The normalized spacial score (nSPS) is 17.6. The van der Waals surface area contributed by atoms with E-state index in [-0.39, 0.29) is 36.7 Å². The third-order valence-electron chi connectivity index (χ3n) is 10.4. The van der Waals surface area contributed by atoms with Gasteiger partial charge in [0.15, 0.2) is 18.0 Å². The second-order valence-electron chi connectivity index (χ2n) is 14.2. The Morgan fingerprint density at radius 3 is 1.56 bits per heavy atom. The standard InChI is InChI=1S/C43H41Cl2N5O7/c44-34-11-3-1-9-32(34)39(53)42(55)49-21-5-7-30(49)23-37(51)47-28-17-13-26(14-18-28)36-25-46-41(57-36)27-15-19-29(20-16-27)48-38(52)24-31-8-6-22-50(31)43(56)40(54)33-10-2-4-12-35(33)45/h1-4,9-20,25,30-31,39-40,53-54H,5-8,21-24H2,(H,47,51)(H,48,52)/t30-,31-,39+,40+/m0/s1. The molecule has 294 valence electrons. The van der Waals surface area contributed by atoms with Gasteiger partial charge >= 0.3 is 0 Å². The quantitative estimate of drug-likeness (QED) is 0.101. The van der Waals surface area contributed by atoms with E-state index in [2.05, 4.69) is 15.6 Å². The minimum Gasteiger partial charge on any atom is -0.436 e. The zero-order chi connectivity index (χ0) is 40.1. The Balaban J connectivity index is 0.897. The number of likely N-dealkylation sites (tertiary alicyclic amines) is 2. The summed E-state index contributed by atoms with van der Waals surface area (Å²) in [6.45, 7) is 0.908. The Morgan fingerprint density at radius 2 is 1.11 bits per heavy atom. The van der Waals surface area contributed by atoms with Crippen molar-refractivity contribution >= 4 is 58.2 Å². The van der Waals surface area contributed by atoms with Crippen molar-refractivity contribution in [3.8, 4) is 22.8 Å². The van der Waals surface area contributed by atoms with Gasteiger partial charge in [-0.1, -0.05) is 59.6 Å². The number of rotatable bonds is 12. The Labute approximate surface area is 339 Å². The lowest BCUT2D eigenvalue weighted by molar-refractivity contribution is -0.142. The molecular formula is C43H41Cl2N5O7. The van der Waals surface area contributed by atoms with Crippen molar-refractivity contribution in [2.24, 2.45) is 0 Å². The van der Waals surface area contributed by atoms with Crippen LogP contribution in [-0.4, -0.2) is 73.8 Å². The number of nitrogens with zero attached hydrogens (tertiary/aromatic N) is 3. The summed E-state index contributed by atoms with van der Waals surface area (Å²) in [5.74, 6) is -0.538. The number of oxazole rings is 1. The molecule has 2 fully saturated rings. The summed E-state index contributed by atoms with van der Waals surface area (Å²) in [5, 5.41) is 27.9. The van der Waals surface area contributed by atoms with E-state index in [1.807, 2.05) is 0 Å². The highest BCUT2D eigenvalue weighted by Crippen LogP contribution is 2.32. The van der Waals surface area contributed by atoms with E-state index in [1.54, 1.807) is 113 Å². The lowest BCUT2D eigenvalue weighted by atomic mass is 10.1. The SMILES string of the molecule is O=C(C[C@@H]1CCCN1C(=O)[C@H](O)c1ccccc1Cl)Nc1ccc(-c2cnc(-c3ccc(NC(=O)C[C@@H]4CCCN4C(=O)[C@H](O)c4ccccc4Cl)cc3)o2)cc1. The summed E-state index contributed by atoms with van der Waals surface area (Å²) in [6, 6.07) is 26.9. The maximum atomic E-state index is 13.1. The van der Waals surface area contributed by atoms with Gasteiger partial charge in [0.25, 0.3) is 11.8 Å². The number of aliphatic hydroxyl groups excluding tert-OH is 2. The number of hydrogen-bond acceptors (Lipinski definition) is 8. The zero-order valence-electron chi connectivity index (χ0n) is 30.8. The van der Waals surface area contributed by atoms with Crippen LogP contribution < -0.4 is 10.6 Å². The topological polar surface area (TPSA) is 165 Å². The summed E-state index contributed by atoms with van der Waals surface area (Å²) in [5.41, 5.74) is 3.27. The smallest absolute Gasteiger partial charge is 0.256 e. The molecule has 0 aliphatic carbocycles. The fourth-order valence-electron chi connectivity index (χ4n) is 7.46. The van der Waals surface area contributed by atoms with Crippen LogP contribution in [0.5, 0.6) is 0 Å². The van der Waals surface area contributed by atoms with Gasteiger partial charge in [-0.25, -0.2) is 4.98 Å². The predicted octanol–water partition coefficient (Wildman–Crippen LogP) is 7.42.